The Morgan fingerprint density at radius 3 is 2.35 bits per heavy atom. The molecule has 1 heterocycles. The molecule has 4 nitrogen and oxygen atoms in total. The molecular weight excluding hydrogens is 386 g/mol. The van der Waals surface area contributed by atoms with Crippen LogP contribution in [0.3, 0.4) is 0 Å². The summed E-state index contributed by atoms with van der Waals surface area (Å²) >= 11 is 0. The number of likely N-dealkylation sites (tertiary alicyclic amines) is 1. The van der Waals surface area contributed by atoms with E-state index in [0.717, 1.165) is 12.0 Å². The molecule has 0 N–H and O–H groups in total. The summed E-state index contributed by atoms with van der Waals surface area (Å²) in [7, 11) is 0. The Morgan fingerprint density at radius 1 is 1.06 bits per heavy atom. The Bertz CT molecular complexity index is 939. The number of benzene rings is 2. The number of ether oxygens (including phenoxy) is 1. The lowest BCUT2D eigenvalue weighted by Gasteiger charge is -2.52. The molecule has 1 saturated heterocycles. The van der Waals surface area contributed by atoms with E-state index >= 15 is 0 Å². The second-order valence-corrected chi connectivity index (χ2v) is 8.93. The van der Waals surface area contributed by atoms with Crippen LogP contribution in [0.4, 0.5) is 0 Å². The predicted molar refractivity (Wildman–Crippen MR) is 121 cm³/mol. The highest BCUT2D eigenvalue weighted by molar-refractivity contribution is 5.81. The highest BCUT2D eigenvalue weighted by Gasteiger charge is 2.54. The second-order valence-electron chi connectivity index (χ2n) is 8.93. The average Bonchev–Trinajstić information content (AvgIpc) is 2.77. The van der Waals surface area contributed by atoms with Crippen LogP contribution in [0.25, 0.3) is 0 Å². The van der Waals surface area contributed by atoms with Gasteiger partial charge in [0, 0.05) is 24.9 Å². The van der Waals surface area contributed by atoms with Crippen molar-refractivity contribution in [2.45, 2.75) is 45.7 Å². The van der Waals surface area contributed by atoms with E-state index in [9.17, 15) is 9.59 Å². The van der Waals surface area contributed by atoms with Crippen LogP contribution in [0.5, 0.6) is 0 Å². The Hall–Kier alpha value is -2.88. The fourth-order valence-corrected chi connectivity index (χ4v) is 5.41. The molecule has 31 heavy (non-hydrogen) atoms. The third-order valence-corrected chi connectivity index (χ3v) is 6.89. The maximum absolute atomic E-state index is 13.3. The smallest absolute Gasteiger partial charge is 0.312 e. The van der Waals surface area contributed by atoms with Crippen LogP contribution < -0.4 is 0 Å². The van der Waals surface area contributed by atoms with Gasteiger partial charge in [-0.1, -0.05) is 72.8 Å². The number of rotatable bonds is 6. The number of carbonyl (C=O) groups excluding carboxylic acids is 2. The molecule has 0 unspecified atom stereocenters. The summed E-state index contributed by atoms with van der Waals surface area (Å²) < 4.78 is 5.54. The standard InChI is InChI=1S/C27H31NO3/c1-3-31-26(30)27(2)16-10-15-22-18-24(29)28(19-21-13-8-5-9-14-21)23(25(22)27)17-20-11-6-4-7-12-20/h4-15,22-23,25H,3,16-19H2,1-2H3/t22-,23-,25+,27-/m0/s1. The SMILES string of the molecule is CCOC(=O)[C@@]1(C)CC=C[C@H]2CC(=O)N(Cc3ccccc3)[C@@H](Cc3ccccc3)[C@@H]21. The average molecular weight is 418 g/mol. The summed E-state index contributed by atoms with van der Waals surface area (Å²) in [4.78, 5) is 28.5. The minimum Gasteiger partial charge on any atom is -0.466 e. The summed E-state index contributed by atoms with van der Waals surface area (Å²) in [6, 6.07) is 20.3. The van der Waals surface area contributed by atoms with Crippen molar-refractivity contribution < 1.29 is 14.3 Å². The molecule has 0 bridgehead atoms. The van der Waals surface area contributed by atoms with Crippen molar-refractivity contribution in [3.63, 3.8) is 0 Å². The number of hydrogen-bond acceptors (Lipinski definition) is 3. The second kappa shape index (κ2) is 9.09. The maximum Gasteiger partial charge on any atom is 0.312 e. The molecule has 162 valence electrons. The molecule has 1 aliphatic carbocycles. The normalized spacial score (nSPS) is 27.6. The Kier molecular flexibility index (Phi) is 6.26. The molecule has 4 rings (SSSR count). The Labute approximate surface area is 184 Å². The van der Waals surface area contributed by atoms with Gasteiger partial charge in [0.15, 0.2) is 0 Å². The largest absolute Gasteiger partial charge is 0.466 e. The third-order valence-electron chi connectivity index (χ3n) is 6.89. The van der Waals surface area contributed by atoms with E-state index in [4.69, 9.17) is 4.74 Å². The van der Waals surface area contributed by atoms with Crippen molar-refractivity contribution in [3.8, 4) is 0 Å². The highest BCUT2D eigenvalue weighted by atomic mass is 16.5. The van der Waals surface area contributed by atoms with Gasteiger partial charge >= 0.3 is 5.97 Å². The lowest BCUT2D eigenvalue weighted by atomic mass is 9.59. The first-order chi connectivity index (χ1) is 15.0. The van der Waals surface area contributed by atoms with E-state index in [2.05, 4.69) is 36.4 Å². The first-order valence-corrected chi connectivity index (χ1v) is 11.2. The Balaban J connectivity index is 1.75. The van der Waals surface area contributed by atoms with Gasteiger partial charge in [0.05, 0.1) is 12.0 Å². The van der Waals surface area contributed by atoms with Crippen LogP contribution in [0, 0.1) is 17.3 Å². The summed E-state index contributed by atoms with van der Waals surface area (Å²) in [5.74, 6) is 0.0692. The number of allylic oxidation sites excluding steroid dienone is 2. The fraction of sp³-hybridized carbons (Fsp3) is 0.407. The quantitative estimate of drug-likeness (QED) is 0.501. The molecule has 1 amide bonds. The van der Waals surface area contributed by atoms with Crippen LogP contribution in [0.2, 0.25) is 0 Å². The molecule has 0 spiro atoms. The van der Waals surface area contributed by atoms with Gasteiger partial charge < -0.3 is 9.64 Å². The zero-order chi connectivity index (χ0) is 21.8. The van der Waals surface area contributed by atoms with Crippen LogP contribution in [-0.4, -0.2) is 29.4 Å². The summed E-state index contributed by atoms with van der Waals surface area (Å²) in [6.45, 7) is 4.81. The van der Waals surface area contributed by atoms with E-state index in [1.807, 2.05) is 55.1 Å². The van der Waals surface area contributed by atoms with Gasteiger partial charge in [-0.05, 0) is 43.7 Å². The molecule has 1 fully saturated rings. The number of fused-ring (bicyclic) bond motifs is 1. The van der Waals surface area contributed by atoms with Crippen molar-refractivity contribution in [2.24, 2.45) is 17.3 Å². The summed E-state index contributed by atoms with van der Waals surface area (Å²) in [5, 5.41) is 0. The highest BCUT2D eigenvalue weighted by Crippen LogP contribution is 2.49. The number of piperidine rings is 1. The fourth-order valence-electron chi connectivity index (χ4n) is 5.41. The molecule has 2 aliphatic rings. The topological polar surface area (TPSA) is 46.6 Å². The van der Waals surface area contributed by atoms with E-state index in [-0.39, 0.29) is 29.8 Å². The van der Waals surface area contributed by atoms with Crippen LogP contribution in [-0.2, 0) is 27.3 Å². The van der Waals surface area contributed by atoms with Gasteiger partial charge in [-0.25, -0.2) is 0 Å². The summed E-state index contributed by atoms with van der Waals surface area (Å²) in [5.41, 5.74) is 1.64. The first-order valence-electron chi connectivity index (χ1n) is 11.2. The molecule has 2 aromatic carbocycles. The molecule has 4 heteroatoms. The van der Waals surface area contributed by atoms with Crippen molar-refractivity contribution >= 4 is 11.9 Å². The molecule has 0 aromatic heterocycles. The Morgan fingerprint density at radius 2 is 1.71 bits per heavy atom. The van der Waals surface area contributed by atoms with Gasteiger partial charge in [-0.2, -0.15) is 0 Å². The van der Waals surface area contributed by atoms with Gasteiger partial charge in [-0.3, -0.25) is 9.59 Å². The summed E-state index contributed by atoms with van der Waals surface area (Å²) in [6.07, 6.45) is 6.03. The number of nitrogens with zero attached hydrogens (tertiary/aromatic N) is 1. The van der Waals surface area contributed by atoms with Crippen molar-refractivity contribution in [1.29, 1.82) is 0 Å². The van der Waals surface area contributed by atoms with Gasteiger partial charge in [0.1, 0.15) is 0 Å². The van der Waals surface area contributed by atoms with Gasteiger partial charge in [-0.15, -0.1) is 0 Å². The lowest BCUT2D eigenvalue weighted by molar-refractivity contribution is -0.168. The predicted octanol–water partition coefficient (Wildman–Crippen LogP) is 4.79. The van der Waals surface area contributed by atoms with Crippen molar-refractivity contribution in [1.82, 2.24) is 4.90 Å². The van der Waals surface area contributed by atoms with Crippen LogP contribution in [0.15, 0.2) is 72.8 Å². The first kappa shape index (κ1) is 21.4. The molecule has 0 radical (unpaired) electrons. The van der Waals surface area contributed by atoms with Crippen LogP contribution in [0.1, 0.15) is 37.8 Å². The van der Waals surface area contributed by atoms with Gasteiger partial charge in [0.25, 0.3) is 0 Å². The molecule has 4 atom stereocenters. The van der Waals surface area contributed by atoms with E-state index in [1.54, 1.807) is 0 Å². The number of carbonyl (C=O) groups is 2. The molecule has 1 aliphatic heterocycles. The minimum atomic E-state index is -0.648. The third kappa shape index (κ3) is 4.30. The van der Waals surface area contributed by atoms with E-state index in [0.29, 0.717) is 26.0 Å². The monoisotopic (exact) mass is 417 g/mol. The van der Waals surface area contributed by atoms with E-state index < -0.39 is 5.41 Å². The van der Waals surface area contributed by atoms with Crippen molar-refractivity contribution in [2.75, 3.05) is 6.61 Å². The van der Waals surface area contributed by atoms with Crippen LogP contribution >= 0.6 is 0 Å². The van der Waals surface area contributed by atoms with Gasteiger partial charge in [0.2, 0.25) is 5.91 Å². The van der Waals surface area contributed by atoms with E-state index in [1.165, 1.54) is 5.56 Å². The lowest BCUT2D eigenvalue weighted by Crippen LogP contribution is -2.59. The molecule has 2 aromatic rings. The maximum atomic E-state index is 13.3. The zero-order valence-corrected chi connectivity index (χ0v) is 18.4. The number of hydrogen-bond donors (Lipinski definition) is 0. The number of amides is 1. The molecule has 0 saturated carbocycles. The molecular formula is C27H31NO3. The zero-order valence-electron chi connectivity index (χ0n) is 18.4. The minimum absolute atomic E-state index is 0.0122. The number of esters is 1. The van der Waals surface area contributed by atoms with Crippen molar-refractivity contribution in [3.05, 3.63) is 83.9 Å².